The van der Waals surface area contributed by atoms with Crippen molar-refractivity contribution in [2.24, 2.45) is 7.05 Å². The summed E-state index contributed by atoms with van der Waals surface area (Å²) in [7, 11) is 3.51. The Balaban J connectivity index is 1.64. The highest BCUT2D eigenvalue weighted by Crippen LogP contribution is 2.20. The number of carbonyl (C=O) groups is 1. The van der Waals surface area contributed by atoms with Crippen molar-refractivity contribution in [3.8, 4) is 11.4 Å². The lowest BCUT2D eigenvalue weighted by atomic mass is 10.1. The van der Waals surface area contributed by atoms with Gasteiger partial charge in [-0.3, -0.25) is 9.48 Å². The standard InChI is InChI=1S/C16H17ClN6O2/c1-18-14(11-7-20-23(2)9-11)16(24)19-8-13-21-15(22-25-13)10-4-3-5-12(17)6-10/h3-7,9,14,18H,8H2,1-2H3,(H,19,24). The van der Waals surface area contributed by atoms with Crippen LogP contribution >= 0.6 is 11.6 Å². The molecular weight excluding hydrogens is 344 g/mol. The monoisotopic (exact) mass is 360 g/mol. The Morgan fingerprint density at radius 1 is 1.44 bits per heavy atom. The number of likely N-dealkylation sites (N-methyl/N-ethyl adjacent to an activating group) is 1. The third kappa shape index (κ3) is 4.04. The van der Waals surface area contributed by atoms with Crippen LogP contribution in [0.2, 0.25) is 5.02 Å². The van der Waals surface area contributed by atoms with E-state index in [1.807, 2.05) is 6.07 Å². The largest absolute Gasteiger partial charge is 0.345 e. The third-order valence-corrected chi connectivity index (χ3v) is 3.81. The van der Waals surface area contributed by atoms with E-state index in [-0.39, 0.29) is 12.5 Å². The molecule has 1 unspecified atom stereocenters. The second-order valence-electron chi connectivity index (χ2n) is 5.41. The Morgan fingerprint density at radius 3 is 2.96 bits per heavy atom. The van der Waals surface area contributed by atoms with Gasteiger partial charge in [0.2, 0.25) is 17.6 Å². The molecule has 8 nitrogen and oxygen atoms in total. The summed E-state index contributed by atoms with van der Waals surface area (Å²) < 4.78 is 6.82. The Kier molecular flexibility index (Phi) is 5.11. The van der Waals surface area contributed by atoms with Crippen LogP contribution in [0.3, 0.4) is 0 Å². The highest BCUT2D eigenvalue weighted by Gasteiger charge is 2.20. The Labute approximate surface area is 149 Å². The van der Waals surface area contributed by atoms with Crippen molar-refractivity contribution < 1.29 is 9.32 Å². The van der Waals surface area contributed by atoms with Crippen molar-refractivity contribution in [2.45, 2.75) is 12.6 Å². The van der Waals surface area contributed by atoms with Gasteiger partial charge in [-0.15, -0.1) is 0 Å². The van der Waals surface area contributed by atoms with Crippen LogP contribution in [0, 0.1) is 0 Å². The van der Waals surface area contributed by atoms with Crippen molar-refractivity contribution >= 4 is 17.5 Å². The molecule has 0 saturated carbocycles. The zero-order valence-corrected chi connectivity index (χ0v) is 14.5. The van der Waals surface area contributed by atoms with Crippen LogP contribution in [-0.2, 0) is 18.4 Å². The number of halogens is 1. The lowest BCUT2D eigenvalue weighted by Crippen LogP contribution is -2.35. The molecule has 0 radical (unpaired) electrons. The van der Waals surface area contributed by atoms with Gasteiger partial charge in [0, 0.05) is 29.4 Å². The SMILES string of the molecule is CNC(C(=O)NCc1nc(-c2cccc(Cl)c2)no1)c1cnn(C)c1. The normalized spacial score (nSPS) is 12.1. The fraction of sp³-hybridized carbons (Fsp3) is 0.250. The van der Waals surface area contributed by atoms with Crippen molar-refractivity contribution in [3.63, 3.8) is 0 Å². The molecule has 130 valence electrons. The molecule has 2 aromatic heterocycles. The second-order valence-corrected chi connectivity index (χ2v) is 5.85. The molecule has 3 rings (SSSR count). The van der Waals surface area contributed by atoms with Crippen molar-refractivity contribution in [1.82, 2.24) is 30.6 Å². The number of amides is 1. The molecule has 9 heteroatoms. The number of nitrogens with zero attached hydrogens (tertiary/aromatic N) is 4. The van der Waals surface area contributed by atoms with Crippen LogP contribution in [0.5, 0.6) is 0 Å². The lowest BCUT2D eigenvalue weighted by Gasteiger charge is -2.13. The molecule has 0 bridgehead atoms. The van der Waals surface area contributed by atoms with E-state index >= 15 is 0 Å². The molecule has 2 N–H and O–H groups in total. The molecule has 25 heavy (non-hydrogen) atoms. The predicted molar refractivity (Wildman–Crippen MR) is 91.6 cm³/mol. The van der Waals surface area contributed by atoms with Crippen molar-refractivity contribution in [3.05, 3.63) is 53.1 Å². The number of hydrogen-bond donors (Lipinski definition) is 2. The number of hydrogen-bond acceptors (Lipinski definition) is 6. The van der Waals surface area contributed by atoms with Crippen LogP contribution in [0.15, 0.2) is 41.2 Å². The average molecular weight is 361 g/mol. The molecule has 1 aromatic carbocycles. The molecule has 0 aliphatic heterocycles. The molecule has 1 amide bonds. The van der Waals surface area contributed by atoms with E-state index in [4.69, 9.17) is 16.1 Å². The van der Waals surface area contributed by atoms with Gasteiger partial charge in [-0.2, -0.15) is 10.1 Å². The van der Waals surface area contributed by atoms with Gasteiger partial charge in [0.05, 0.1) is 12.7 Å². The first kappa shape index (κ1) is 17.1. The third-order valence-electron chi connectivity index (χ3n) is 3.57. The minimum Gasteiger partial charge on any atom is -0.345 e. The van der Waals surface area contributed by atoms with Gasteiger partial charge in [0.25, 0.3) is 0 Å². The fourth-order valence-corrected chi connectivity index (χ4v) is 2.56. The molecular formula is C16H17ClN6O2. The van der Waals surface area contributed by atoms with Gasteiger partial charge in [-0.1, -0.05) is 28.9 Å². The van der Waals surface area contributed by atoms with E-state index in [2.05, 4.69) is 25.9 Å². The quantitative estimate of drug-likeness (QED) is 0.694. The maximum atomic E-state index is 12.4. The van der Waals surface area contributed by atoms with Gasteiger partial charge in [0.15, 0.2) is 0 Å². The topological polar surface area (TPSA) is 97.9 Å². The minimum atomic E-state index is -0.510. The van der Waals surface area contributed by atoms with Crippen molar-refractivity contribution in [1.29, 1.82) is 0 Å². The molecule has 0 spiro atoms. The van der Waals surface area contributed by atoms with Gasteiger partial charge in [-0.25, -0.2) is 0 Å². The lowest BCUT2D eigenvalue weighted by molar-refractivity contribution is -0.123. The van der Waals surface area contributed by atoms with Gasteiger partial charge in [-0.05, 0) is 19.2 Å². The second kappa shape index (κ2) is 7.45. The summed E-state index contributed by atoms with van der Waals surface area (Å²) in [5, 5.41) is 14.3. The van der Waals surface area contributed by atoms with Crippen LogP contribution in [0.25, 0.3) is 11.4 Å². The van der Waals surface area contributed by atoms with Gasteiger partial charge >= 0.3 is 0 Å². The number of carbonyl (C=O) groups excluding carboxylic acids is 1. The highest BCUT2D eigenvalue weighted by atomic mass is 35.5. The van der Waals surface area contributed by atoms with Gasteiger partial charge in [0.1, 0.15) is 6.04 Å². The Hall–Kier alpha value is -2.71. The van der Waals surface area contributed by atoms with E-state index < -0.39 is 6.04 Å². The van der Waals surface area contributed by atoms with Crippen molar-refractivity contribution in [2.75, 3.05) is 7.05 Å². The summed E-state index contributed by atoms with van der Waals surface area (Å²) in [4.78, 5) is 16.6. The first-order valence-electron chi connectivity index (χ1n) is 7.59. The highest BCUT2D eigenvalue weighted by molar-refractivity contribution is 6.30. The molecule has 0 aliphatic carbocycles. The van der Waals surface area contributed by atoms with Crippen LogP contribution in [0.4, 0.5) is 0 Å². The molecule has 0 saturated heterocycles. The first-order chi connectivity index (χ1) is 12.1. The smallest absolute Gasteiger partial charge is 0.246 e. The summed E-state index contributed by atoms with van der Waals surface area (Å²) in [6.07, 6.45) is 3.43. The van der Waals surface area contributed by atoms with Gasteiger partial charge < -0.3 is 15.2 Å². The number of benzene rings is 1. The van der Waals surface area contributed by atoms with E-state index in [0.29, 0.717) is 16.7 Å². The molecule has 2 heterocycles. The summed E-state index contributed by atoms with van der Waals surface area (Å²) in [6.45, 7) is 0.130. The molecule has 1 atom stereocenters. The Bertz CT molecular complexity index is 875. The van der Waals surface area contributed by atoms with Crippen LogP contribution in [-0.4, -0.2) is 32.9 Å². The van der Waals surface area contributed by atoms with E-state index in [1.54, 1.807) is 49.4 Å². The van der Waals surface area contributed by atoms with E-state index in [0.717, 1.165) is 11.1 Å². The Morgan fingerprint density at radius 2 is 2.28 bits per heavy atom. The maximum absolute atomic E-state index is 12.4. The predicted octanol–water partition coefficient (Wildman–Crippen LogP) is 1.70. The summed E-state index contributed by atoms with van der Waals surface area (Å²) in [5.74, 6) is 0.520. The number of aromatic nitrogens is 4. The summed E-state index contributed by atoms with van der Waals surface area (Å²) in [6, 6.07) is 6.64. The molecule has 0 aliphatic rings. The number of rotatable bonds is 6. The number of nitrogens with one attached hydrogen (secondary N) is 2. The zero-order chi connectivity index (χ0) is 17.8. The zero-order valence-electron chi connectivity index (χ0n) is 13.7. The van der Waals surface area contributed by atoms with E-state index in [9.17, 15) is 4.79 Å². The number of aryl methyl sites for hydroxylation is 1. The van der Waals surface area contributed by atoms with Crippen LogP contribution < -0.4 is 10.6 Å². The van der Waals surface area contributed by atoms with Crippen LogP contribution in [0.1, 0.15) is 17.5 Å². The summed E-state index contributed by atoms with van der Waals surface area (Å²) in [5.41, 5.74) is 1.52. The average Bonchev–Trinajstić information content (AvgIpc) is 3.23. The molecule has 0 fully saturated rings. The van der Waals surface area contributed by atoms with E-state index in [1.165, 1.54) is 0 Å². The fourth-order valence-electron chi connectivity index (χ4n) is 2.37. The molecule has 3 aromatic rings. The first-order valence-corrected chi connectivity index (χ1v) is 7.96. The summed E-state index contributed by atoms with van der Waals surface area (Å²) >= 11 is 5.96. The minimum absolute atomic E-state index is 0.130. The maximum Gasteiger partial charge on any atom is 0.246 e.